The molecule has 1 aromatic heterocycles. The van der Waals surface area contributed by atoms with Gasteiger partial charge in [0.25, 0.3) is 0 Å². The Hall–Kier alpha value is -1.89. The number of hydrogen-bond acceptors (Lipinski definition) is 4. The molecule has 2 aromatic rings. The molecule has 110 valence electrons. The smallest absolute Gasteiger partial charge is 0.243 e. The van der Waals surface area contributed by atoms with Crippen molar-refractivity contribution in [3.05, 3.63) is 41.7 Å². The minimum atomic E-state index is -0.358. The lowest BCUT2D eigenvalue weighted by molar-refractivity contribution is -0.120. The molecular formula is C14H15ClN4O2. The van der Waals surface area contributed by atoms with Crippen molar-refractivity contribution in [3.63, 3.8) is 0 Å². The van der Waals surface area contributed by atoms with E-state index >= 15 is 0 Å². The minimum absolute atomic E-state index is 0.148. The van der Waals surface area contributed by atoms with Gasteiger partial charge in [0, 0.05) is 18.9 Å². The third-order valence-corrected chi connectivity index (χ3v) is 3.52. The molecule has 0 bridgehead atoms. The van der Waals surface area contributed by atoms with Gasteiger partial charge in [-0.3, -0.25) is 4.79 Å². The zero-order valence-corrected chi connectivity index (χ0v) is 12.0. The first-order chi connectivity index (χ1) is 10.3. The number of ether oxygens (including phenoxy) is 1. The van der Waals surface area contributed by atoms with Crippen LogP contribution in [-0.2, 0) is 9.53 Å². The van der Waals surface area contributed by atoms with E-state index in [2.05, 4.69) is 15.7 Å². The molecule has 6 nitrogen and oxygen atoms in total. The Labute approximate surface area is 127 Å². The maximum absolute atomic E-state index is 12.3. The lowest BCUT2D eigenvalue weighted by Gasteiger charge is -2.23. The summed E-state index contributed by atoms with van der Waals surface area (Å²) >= 11 is 6.24. The van der Waals surface area contributed by atoms with E-state index in [0.717, 1.165) is 0 Å². The van der Waals surface area contributed by atoms with Gasteiger partial charge in [0.15, 0.2) is 0 Å². The van der Waals surface area contributed by atoms with Gasteiger partial charge in [0.2, 0.25) is 5.91 Å². The summed E-state index contributed by atoms with van der Waals surface area (Å²) in [6.45, 7) is 1.66. The second-order valence-corrected chi connectivity index (χ2v) is 5.06. The number of morpholine rings is 1. The molecule has 1 saturated heterocycles. The van der Waals surface area contributed by atoms with Gasteiger partial charge in [-0.25, -0.2) is 4.68 Å². The van der Waals surface area contributed by atoms with Gasteiger partial charge in [-0.1, -0.05) is 17.7 Å². The van der Waals surface area contributed by atoms with Crippen LogP contribution in [0, 0.1) is 0 Å². The SMILES string of the molecule is O=C(Nc1cccc(Cl)c1-n1cccn1)C1COCCN1. The summed E-state index contributed by atoms with van der Waals surface area (Å²) < 4.78 is 6.93. The molecule has 1 amide bonds. The largest absolute Gasteiger partial charge is 0.378 e. The highest BCUT2D eigenvalue weighted by Gasteiger charge is 2.22. The summed E-state index contributed by atoms with van der Waals surface area (Å²) in [5.41, 5.74) is 1.26. The van der Waals surface area contributed by atoms with E-state index in [1.165, 1.54) is 0 Å². The van der Waals surface area contributed by atoms with E-state index in [0.29, 0.717) is 36.2 Å². The first-order valence-electron chi connectivity index (χ1n) is 6.66. The minimum Gasteiger partial charge on any atom is -0.378 e. The van der Waals surface area contributed by atoms with Crippen molar-refractivity contribution in [3.8, 4) is 5.69 Å². The number of nitrogens with zero attached hydrogens (tertiary/aromatic N) is 2. The fourth-order valence-electron chi connectivity index (χ4n) is 2.20. The first kappa shape index (κ1) is 14.1. The fraction of sp³-hybridized carbons (Fsp3) is 0.286. The molecule has 1 aromatic carbocycles. The second-order valence-electron chi connectivity index (χ2n) is 4.66. The molecule has 1 aliphatic rings. The van der Waals surface area contributed by atoms with Crippen molar-refractivity contribution in [2.24, 2.45) is 0 Å². The molecule has 3 rings (SSSR count). The van der Waals surface area contributed by atoms with Crippen molar-refractivity contribution in [1.29, 1.82) is 0 Å². The van der Waals surface area contributed by atoms with Crippen LogP contribution >= 0.6 is 11.6 Å². The number of benzene rings is 1. The van der Waals surface area contributed by atoms with Crippen molar-refractivity contribution >= 4 is 23.2 Å². The molecule has 0 radical (unpaired) electrons. The van der Waals surface area contributed by atoms with Crippen LogP contribution in [0.3, 0.4) is 0 Å². The molecule has 1 fully saturated rings. The Morgan fingerprint density at radius 1 is 1.48 bits per heavy atom. The quantitative estimate of drug-likeness (QED) is 0.901. The third kappa shape index (κ3) is 3.07. The normalized spacial score (nSPS) is 18.4. The van der Waals surface area contributed by atoms with E-state index in [1.54, 1.807) is 41.3 Å². The van der Waals surface area contributed by atoms with E-state index in [-0.39, 0.29) is 11.9 Å². The summed E-state index contributed by atoms with van der Waals surface area (Å²) in [5.74, 6) is -0.148. The van der Waals surface area contributed by atoms with Crippen LogP contribution in [0.15, 0.2) is 36.7 Å². The van der Waals surface area contributed by atoms with Gasteiger partial charge in [0.1, 0.15) is 11.7 Å². The highest BCUT2D eigenvalue weighted by Crippen LogP contribution is 2.28. The molecule has 0 spiro atoms. The summed E-state index contributed by atoms with van der Waals surface area (Å²) in [6.07, 6.45) is 3.43. The summed E-state index contributed by atoms with van der Waals surface area (Å²) in [7, 11) is 0. The Balaban J connectivity index is 1.85. The third-order valence-electron chi connectivity index (χ3n) is 3.22. The predicted molar refractivity (Wildman–Crippen MR) is 79.8 cm³/mol. The first-order valence-corrected chi connectivity index (χ1v) is 7.04. The average Bonchev–Trinajstić information content (AvgIpc) is 3.02. The summed E-state index contributed by atoms with van der Waals surface area (Å²) in [5, 5.41) is 10.7. The lowest BCUT2D eigenvalue weighted by atomic mass is 10.2. The van der Waals surface area contributed by atoms with Gasteiger partial charge in [-0.2, -0.15) is 5.10 Å². The average molecular weight is 307 g/mol. The van der Waals surface area contributed by atoms with Gasteiger partial charge in [-0.15, -0.1) is 0 Å². The van der Waals surface area contributed by atoms with Crippen LogP contribution < -0.4 is 10.6 Å². The number of rotatable bonds is 3. The molecule has 1 unspecified atom stereocenters. The molecule has 2 heterocycles. The van der Waals surface area contributed by atoms with Gasteiger partial charge in [0.05, 0.1) is 23.9 Å². The van der Waals surface area contributed by atoms with Crippen LogP contribution in [0.25, 0.3) is 5.69 Å². The molecule has 1 atom stereocenters. The zero-order valence-electron chi connectivity index (χ0n) is 11.3. The number of halogens is 1. The maximum Gasteiger partial charge on any atom is 0.243 e. The van der Waals surface area contributed by atoms with Gasteiger partial charge < -0.3 is 15.4 Å². The maximum atomic E-state index is 12.3. The number of hydrogen-bond donors (Lipinski definition) is 2. The van der Waals surface area contributed by atoms with Gasteiger partial charge in [-0.05, 0) is 18.2 Å². The van der Waals surface area contributed by atoms with Crippen LogP contribution in [0.1, 0.15) is 0 Å². The number of amides is 1. The molecule has 2 N–H and O–H groups in total. The van der Waals surface area contributed by atoms with Crippen LogP contribution in [0.2, 0.25) is 5.02 Å². The van der Waals surface area contributed by atoms with E-state index in [1.807, 2.05) is 0 Å². The molecule has 7 heteroatoms. The van der Waals surface area contributed by atoms with Crippen LogP contribution in [-0.4, -0.2) is 41.5 Å². The number of anilines is 1. The number of para-hydroxylation sites is 1. The highest BCUT2D eigenvalue weighted by molar-refractivity contribution is 6.33. The molecule has 21 heavy (non-hydrogen) atoms. The summed E-state index contributed by atoms with van der Waals surface area (Å²) in [4.78, 5) is 12.3. The molecular weight excluding hydrogens is 292 g/mol. The number of carbonyl (C=O) groups excluding carboxylic acids is 1. The van der Waals surface area contributed by atoms with Crippen molar-refractivity contribution in [2.75, 3.05) is 25.1 Å². The topological polar surface area (TPSA) is 68.2 Å². The molecule has 0 saturated carbocycles. The zero-order chi connectivity index (χ0) is 14.7. The van der Waals surface area contributed by atoms with E-state index in [4.69, 9.17) is 16.3 Å². The standard InChI is InChI=1S/C14H15ClN4O2/c15-10-3-1-4-11(13(10)19-7-2-5-17-19)18-14(20)12-9-21-8-6-16-12/h1-5,7,12,16H,6,8-9H2,(H,18,20). The van der Waals surface area contributed by atoms with Crippen molar-refractivity contribution < 1.29 is 9.53 Å². The van der Waals surface area contributed by atoms with Crippen LogP contribution in [0.4, 0.5) is 5.69 Å². The van der Waals surface area contributed by atoms with Crippen molar-refractivity contribution in [1.82, 2.24) is 15.1 Å². The predicted octanol–water partition coefficient (Wildman–Crippen LogP) is 1.45. The highest BCUT2D eigenvalue weighted by atomic mass is 35.5. The Morgan fingerprint density at radius 3 is 3.10 bits per heavy atom. The number of nitrogens with one attached hydrogen (secondary N) is 2. The Bertz CT molecular complexity index is 624. The molecule has 0 aliphatic carbocycles. The number of aromatic nitrogens is 2. The van der Waals surface area contributed by atoms with E-state index < -0.39 is 0 Å². The lowest BCUT2D eigenvalue weighted by Crippen LogP contribution is -2.48. The Morgan fingerprint density at radius 2 is 2.38 bits per heavy atom. The second kappa shape index (κ2) is 6.26. The fourth-order valence-corrected chi connectivity index (χ4v) is 2.46. The molecule has 1 aliphatic heterocycles. The van der Waals surface area contributed by atoms with Crippen LogP contribution in [0.5, 0.6) is 0 Å². The van der Waals surface area contributed by atoms with Crippen molar-refractivity contribution in [2.45, 2.75) is 6.04 Å². The Kier molecular flexibility index (Phi) is 4.19. The van der Waals surface area contributed by atoms with E-state index in [9.17, 15) is 4.79 Å². The monoisotopic (exact) mass is 306 g/mol. The number of carbonyl (C=O) groups is 1. The summed E-state index contributed by atoms with van der Waals surface area (Å²) in [6, 6.07) is 6.78. The van der Waals surface area contributed by atoms with Gasteiger partial charge >= 0.3 is 0 Å².